The Balaban J connectivity index is 2.37. The van der Waals surface area contributed by atoms with Crippen molar-refractivity contribution in [1.29, 1.82) is 0 Å². The lowest BCUT2D eigenvalue weighted by Gasteiger charge is -1.98. The molecule has 0 aliphatic rings. The van der Waals surface area contributed by atoms with E-state index in [-0.39, 0.29) is 16.7 Å². The number of alkyl halides is 3. The second-order valence-electron chi connectivity index (χ2n) is 3.10. The highest BCUT2D eigenvalue weighted by molar-refractivity contribution is 7.14. The summed E-state index contributed by atoms with van der Waals surface area (Å²) in [7, 11) is 0. The lowest BCUT2D eigenvalue weighted by molar-refractivity contribution is -0.137. The molecule has 0 aliphatic heterocycles. The van der Waals surface area contributed by atoms with Gasteiger partial charge in [-0.15, -0.1) is 0 Å². The van der Waals surface area contributed by atoms with Gasteiger partial charge in [-0.3, -0.25) is 0 Å². The van der Waals surface area contributed by atoms with Crippen LogP contribution in [0.15, 0.2) is 12.4 Å². The molecule has 17 heavy (non-hydrogen) atoms. The highest BCUT2D eigenvalue weighted by Crippen LogP contribution is 2.33. The van der Waals surface area contributed by atoms with Crippen LogP contribution in [0.25, 0.3) is 5.00 Å². The molecule has 2 N–H and O–H groups in total. The van der Waals surface area contributed by atoms with Crippen molar-refractivity contribution in [3.8, 4) is 5.00 Å². The molecule has 0 atom stereocenters. The van der Waals surface area contributed by atoms with Gasteiger partial charge in [0.15, 0.2) is 10.2 Å². The molecule has 4 nitrogen and oxygen atoms in total. The van der Waals surface area contributed by atoms with Gasteiger partial charge in [-0.2, -0.15) is 18.3 Å². The third kappa shape index (κ3) is 2.43. The second-order valence-corrected chi connectivity index (χ2v) is 4.46. The van der Waals surface area contributed by atoms with Crippen LogP contribution in [0.4, 0.5) is 13.2 Å². The van der Waals surface area contributed by atoms with Crippen LogP contribution in [0.1, 0.15) is 10.6 Å². The summed E-state index contributed by atoms with van der Waals surface area (Å²) in [6.07, 6.45) is -1.87. The zero-order valence-corrected chi connectivity index (χ0v) is 9.77. The average Bonchev–Trinajstić information content (AvgIpc) is 2.82. The van der Waals surface area contributed by atoms with Crippen molar-refractivity contribution in [2.45, 2.75) is 12.7 Å². The Hall–Kier alpha value is -1.12. The summed E-state index contributed by atoms with van der Waals surface area (Å²) in [5, 5.41) is 3.34. The highest BCUT2D eigenvalue weighted by atomic mass is 35.5. The SMILES string of the molecule is NCc1cn(-c2cnc(C(F)(F)F)s2)nc1Cl. The van der Waals surface area contributed by atoms with E-state index in [4.69, 9.17) is 17.3 Å². The number of hydrogen-bond acceptors (Lipinski definition) is 4. The molecule has 0 fully saturated rings. The largest absolute Gasteiger partial charge is 0.443 e. The van der Waals surface area contributed by atoms with Crippen LogP contribution in [0.3, 0.4) is 0 Å². The van der Waals surface area contributed by atoms with Crippen molar-refractivity contribution in [2.75, 3.05) is 0 Å². The normalized spacial score (nSPS) is 12.1. The fourth-order valence-corrected chi connectivity index (χ4v) is 2.06. The fourth-order valence-electron chi connectivity index (χ4n) is 1.14. The number of nitrogens with zero attached hydrogens (tertiary/aromatic N) is 3. The number of halogens is 4. The van der Waals surface area contributed by atoms with Gasteiger partial charge in [0.2, 0.25) is 0 Å². The number of aromatic nitrogens is 3. The standard InChI is InChI=1S/C8H6ClF3N4S/c9-6-4(1-13)3-16(15-6)5-2-14-7(17-5)8(10,11)12/h2-3H,1,13H2. The third-order valence-electron chi connectivity index (χ3n) is 1.92. The molecule has 92 valence electrons. The Morgan fingerprint density at radius 1 is 1.47 bits per heavy atom. The van der Waals surface area contributed by atoms with E-state index in [0.717, 1.165) is 6.20 Å². The summed E-state index contributed by atoms with van der Waals surface area (Å²) < 4.78 is 38.3. The van der Waals surface area contributed by atoms with Crippen molar-refractivity contribution < 1.29 is 13.2 Å². The molecule has 2 heterocycles. The molecule has 0 saturated carbocycles. The minimum absolute atomic E-state index is 0.170. The average molecular weight is 283 g/mol. The predicted octanol–water partition coefficient (Wildman–Crippen LogP) is 2.46. The van der Waals surface area contributed by atoms with Crippen molar-refractivity contribution in [3.05, 3.63) is 28.1 Å². The molecule has 0 unspecified atom stereocenters. The van der Waals surface area contributed by atoms with Crippen LogP contribution < -0.4 is 5.73 Å². The molecule has 0 bridgehead atoms. The number of hydrogen-bond donors (Lipinski definition) is 1. The van der Waals surface area contributed by atoms with Crippen molar-refractivity contribution in [3.63, 3.8) is 0 Å². The van der Waals surface area contributed by atoms with Gasteiger partial charge < -0.3 is 5.73 Å². The molecule has 0 amide bonds. The molecule has 2 aromatic rings. The van der Waals surface area contributed by atoms with Crippen molar-refractivity contribution >= 4 is 22.9 Å². The second kappa shape index (κ2) is 4.28. The van der Waals surface area contributed by atoms with Gasteiger partial charge in [-0.05, 0) is 0 Å². The number of nitrogens with two attached hydrogens (primary N) is 1. The topological polar surface area (TPSA) is 56.7 Å². The summed E-state index contributed by atoms with van der Waals surface area (Å²) in [5.74, 6) is 0. The number of thiazole rings is 1. The van der Waals surface area contributed by atoms with E-state index in [1.54, 1.807) is 0 Å². The predicted molar refractivity (Wildman–Crippen MR) is 57.1 cm³/mol. The summed E-state index contributed by atoms with van der Waals surface area (Å²) >= 11 is 6.23. The zero-order valence-electron chi connectivity index (χ0n) is 8.20. The molecule has 2 rings (SSSR count). The Morgan fingerprint density at radius 2 is 2.18 bits per heavy atom. The monoisotopic (exact) mass is 282 g/mol. The van der Waals surface area contributed by atoms with Crippen molar-refractivity contribution in [1.82, 2.24) is 14.8 Å². The molecule has 0 aliphatic carbocycles. The van der Waals surface area contributed by atoms with E-state index >= 15 is 0 Å². The zero-order chi connectivity index (χ0) is 12.6. The molecular weight excluding hydrogens is 277 g/mol. The summed E-state index contributed by atoms with van der Waals surface area (Å²) in [5.41, 5.74) is 5.95. The van der Waals surface area contributed by atoms with E-state index in [2.05, 4.69) is 10.1 Å². The summed E-state index contributed by atoms with van der Waals surface area (Å²) in [4.78, 5) is 3.29. The van der Waals surface area contributed by atoms with Gasteiger partial charge in [0, 0.05) is 18.3 Å². The first-order valence-corrected chi connectivity index (χ1v) is 5.59. The number of rotatable bonds is 2. The Morgan fingerprint density at radius 3 is 2.65 bits per heavy atom. The van der Waals surface area contributed by atoms with Crippen molar-refractivity contribution in [2.24, 2.45) is 5.73 Å². The van der Waals surface area contributed by atoms with Gasteiger partial charge in [-0.25, -0.2) is 9.67 Å². The summed E-state index contributed by atoms with van der Waals surface area (Å²) in [6.45, 7) is 0.170. The fraction of sp³-hybridized carbons (Fsp3) is 0.250. The van der Waals surface area contributed by atoms with Crippen LogP contribution >= 0.6 is 22.9 Å². The van der Waals surface area contributed by atoms with Crippen LogP contribution in [0.2, 0.25) is 5.15 Å². The minimum Gasteiger partial charge on any atom is -0.326 e. The van der Waals surface area contributed by atoms with Gasteiger partial charge in [0.1, 0.15) is 5.00 Å². The smallest absolute Gasteiger partial charge is 0.326 e. The molecule has 0 spiro atoms. The van der Waals surface area contributed by atoms with Crippen LogP contribution in [-0.4, -0.2) is 14.8 Å². The molecule has 9 heteroatoms. The molecule has 0 saturated heterocycles. The van der Waals surface area contributed by atoms with E-state index in [0.29, 0.717) is 16.9 Å². The maximum absolute atomic E-state index is 12.3. The first-order valence-electron chi connectivity index (χ1n) is 4.39. The van der Waals surface area contributed by atoms with Crippen LogP contribution in [0.5, 0.6) is 0 Å². The van der Waals surface area contributed by atoms with Gasteiger partial charge in [0.25, 0.3) is 0 Å². The molecule has 0 aromatic carbocycles. The van der Waals surface area contributed by atoms with Crippen LogP contribution in [0, 0.1) is 0 Å². The molecule has 0 radical (unpaired) electrons. The first-order chi connectivity index (χ1) is 7.91. The van der Waals surface area contributed by atoms with Gasteiger partial charge >= 0.3 is 6.18 Å². The molecular formula is C8H6ClF3N4S. The maximum Gasteiger partial charge on any atom is 0.443 e. The van der Waals surface area contributed by atoms with Crippen LogP contribution in [-0.2, 0) is 12.7 Å². The quantitative estimate of drug-likeness (QED) is 0.920. The highest BCUT2D eigenvalue weighted by Gasteiger charge is 2.34. The molecule has 2 aromatic heterocycles. The van der Waals surface area contributed by atoms with Gasteiger partial charge in [0.05, 0.1) is 6.20 Å². The minimum atomic E-state index is -4.45. The first kappa shape index (κ1) is 12.3. The third-order valence-corrected chi connectivity index (χ3v) is 3.27. The lowest BCUT2D eigenvalue weighted by atomic mass is 10.4. The van der Waals surface area contributed by atoms with E-state index < -0.39 is 11.2 Å². The van der Waals surface area contributed by atoms with Gasteiger partial charge in [-0.1, -0.05) is 22.9 Å². The Kier molecular flexibility index (Phi) is 3.11. The summed E-state index contributed by atoms with van der Waals surface area (Å²) in [6, 6.07) is 0. The Labute approximate surface area is 103 Å². The van der Waals surface area contributed by atoms with E-state index in [1.165, 1.54) is 10.9 Å². The lowest BCUT2D eigenvalue weighted by Crippen LogP contribution is -2.02. The van der Waals surface area contributed by atoms with E-state index in [9.17, 15) is 13.2 Å². The maximum atomic E-state index is 12.3. The van der Waals surface area contributed by atoms with E-state index in [1.807, 2.05) is 0 Å². The Bertz CT molecular complexity index is 533.